The maximum absolute atomic E-state index is 6.00. The lowest BCUT2D eigenvalue weighted by Gasteiger charge is -2.43. The van der Waals surface area contributed by atoms with Crippen molar-refractivity contribution in [1.82, 2.24) is 4.90 Å². The van der Waals surface area contributed by atoms with Crippen LogP contribution in [0, 0.1) is 0 Å². The predicted octanol–water partition coefficient (Wildman–Crippen LogP) is 2.71. The van der Waals surface area contributed by atoms with Gasteiger partial charge in [0.1, 0.15) is 0 Å². The second-order valence-corrected chi connectivity index (χ2v) is 6.17. The smallest absolute Gasteiger partial charge is 0.0660 e. The third-order valence-electron chi connectivity index (χ3n) is 3.28. The molecule has 1 rings (SSSR count). The second kappa shape index (κ2) is 7.24. The summed E-state index contributed by atoms with van der Waals surface area (Å²) in [5.41, 5.74) is 5.89. The Hall–Kier alpha value is -0.420. The van der Waals surface area contributed by atoms with Crippen molar-refractivity contribution >= 4 is 11.3 Å². The summed E-state index contributed by atoms with van der Waals surface area (Å²) in [7, 11) is 0. The standard InChI is InChI=1S/C14H26N2OS/c1-5-17-11-14(4,10-15)16(12(2)3)9-13-7-6-8-18-13/h6-8,12H,5,9-11,15H2,1-4H3. The number of nitrogens with two attached hydrogens (primary N) is 1. The number of rotatable bonds is 8. The average Bonchev–Trinajstić information content (AvgIpc) is 2.85. The molecular weight excluding hydrogens is 244 g/mol. The highest BCUT2D eigenvalue weighted by Crippen LogP contribution is 2.23. The van der Waals surface area contributed by atoms with Crippen molar-refractivity contribution in [2.24, 2.45) is 5.73 Å². The highest BCUT2D eigenvalue weighted by atomic mass is 32.1. The quantitative estimate of drug-likeness (QED) is 0.789. The number of nitrogens with zero attached hydrogens (tertiary/aromatic N) is 1. The Morgan fingerprint density at radius 2 is 2.22 bits per heavy atom. The molecule has 4 heteroatoms. The van der Waals surface area contributed by atoms with E-state index >= 15 is 0 Å². The van der Waals surface area contributed by atoms with E-state index in [1.165, 1.54) is 4.88 Å². The molecule has 0 radical (unpaired) electrons. The van der Waals surface area contributed by atoms with Crippen LogP contribution in [0.4, 0.5) is 0 Å². The van der Waals surface area contributed by atoms with Gasteiger partial charge < -0.3 is 10.5 Å². The van der Waals surface area contributed by atoms with Gasteiger partial charge in [0, 0.05) is 30.6 Å². The van der Waals surface area contributed by atoms with E-state index in [4.69, 9.17) is 10.5 Å². The molecule has 1 atom stereocenters. The molecule has 0 saturated carbocycles. The van der Waals surface area contributed by atoms with Crippen molar-refractivity contribution in [2.75, 3.05) is 19.8 Å². The number of hydrogen-bond acceptors (Lipinski definition) is 4. The van der Waals surface area contributed by atoms with Crippen LogP contribution in [0.15, 0.2) is 17.5 Å². The second-order valence-electron chi connectivity index (χ2n) is 5.14. The summed E-state index contributed by atoms with van der Waals surface area (Å²) in [6, 6.07) is 4.72. The van der Waals surface area contributed by atoms with Crippen molar-refractivity contribution in [2.45, 2.75) is 45.8 Å². The fraction of sp³-hybridized carbons (Fsp3) is 0.714. The third kappa shape index (κ3) is 4.05. The monoisotopic (exact) mass is 270 g/mol. The molecule has 1 aromatic rings. The summed E-state index contributed by atoms with van der Waals surface area (Å²) in [6.45, 7) is 11.6. The SMILES string of the molecule is CCOCC(C)(CN)N(Cc1cccs1)C(C)C. The minimum atomic E-state index is -0.103. The van der Waals surface area contributed by atoms with Gasteiger partial charge >= 0.3 is 0 Å². The van der Waals surface area contributed by atoms with E-state index in [0.29, 0.717) is 19.2 Å². The first-order valence-electron chi connectivity index (χ1n) is 6.60. The molecule has 2 N–H and O–H groups in total. The van der Waals surface area contributed by atoms with Crippen LogP contribution in [0.25, 0.3) is 0 Å². The van der Waals surface area contributed by atoms with Crippen molar-refractivity contribution < 1.29 is 4.74 Å². The van der Waals surface area contributed by atoms with E-state index in [9.17, 15) is 0 Å². The van der Waals surface area contributed by atoms with Crippen LogP contribution in [0.2, 0.25) is 0 Å². The van der Waals surface area contributed by atoms with Crippen molar-refractivity contribution in [3.05, 3.63) is 22.4 Å². The summed E-state index contributed by atoms with van der Waals surface area (Å²) >= 11 is 1.80. The molecule has 1 heterocycles. The van der Waals surface area contributed by atoms with E-state index < -0.39 is 0 Å². The van der Waals surface area contributed by atoms with Gasteiger partial charge in [0.25, 0.3) is 0 Å². The van der Waals surface area contributed by atoms with Gasteiger partial charge in [-0.3, -0.25) is 4.90 Å². The fourth-order valence-corrected chi connectivity index (χ4v) is 2.85. The van der Waals surface area contributed by atoms with E-state index in [-0.39, 0.29) is 5.54 Å². The first-order chi connectivity index (χ1) is 8.53. The lowest BCUT2D eigenvalue weighted by atomic mass is 9.99. The molecular formula is C14H26N2OS. The lowest BCUT2D eigenvalue weighted by Crippen LogP contribution is -2.56. The molecule has 0 aromatic carbocycles. The Bertz CT molecular complexity index is 327. The van der Waals surface area contributed by atoms with E-state index in [0.717, 1.165) is 13.2 Å². The Kier molecular flexibility index (Phi) is 6.29. The molecule has 0 aliphatic carbocycles. The Balaban J connectivity index is 2.80. The normalized spacial score (nSPS) is 15.3. The van der Waals surface area contributed by atoms with Gasteiger partial charge in [-0.2, -0.15) is 0 Å². The van der Waals surface area contributed by atoms with Crippen LogP contribution < -0.4 is 5.73 Å². The number of ether oxygens (including phenoxy) is 1. The van der Waals surface area contributed by atoms with E-state index in [1.54, 1.807) is 11.3 Å². The molecule has 0 saturated heterocycles. The Labute approximate surface area is 115 Å². The molecule has 0 aliphatic heterocycles. The van der Waals surface area contributed by atoms with Gasteiger partial charge in [0.2, 0.25) is 0 Å². The summed E-state index contributed by atoms with van der Waals surface area (Å²) in [5, 5.41) is 2.12. The zero-order valence-electron chi connectivity index (χ0n) is 12.0. The number of thiophene rings is 1. The molecule has 1 unspecified atom stereocenters. The molecule has 0 spiro atoms. The lowest BCUT2D eigenvalue weighted by molar-refractivity contribution is -0.0108. The van der Waals surface area contributed by atoms with Gasteiger partial charge in [-0.25, -0.2) is 0 Å². The van der Waals surface area contributed by atoms with Crippen molar-refractivity contribution in [1.29, 1.82) is 0 Å². The first-order valence-corrected chi connectivity index (χ1v) is 7.48. The molecule has 18 heavy (non-hydrogen) atoms. The maximum atomic E-state index is 6.00. The van der Waals surface area contributed by atoms with Crippen LogP contribution in [0.3, 0.4) is 0 Å². The van der Waals surface area contributed by atoms with E-state index in [1.807, 2.05) is 6.92 Å². The van der Waals surface area contributed by atoms with Crippen LogP contribution in [0.5, 0.6) is 0 Å². The average molecular weight is 270 g/mol. The van der Waals surface area contributed by atoms with Crippen LogP contribution in [-0.4, -0.2) is 36.2 Å². The molecule has 0 aliphatic rings. The zero-order chi connectivity index (χ0) is 13.6. The highest BCUT2D eigenvalue weighted by Gasteiger charge is 2.32. The summed E-state index contributed by atoms with van der Waals surface area (Å²) in [4.78, 5) is 3.81. The Morgan fingerprint density at radius 1 is 1.50 bits per heavy atom. The van der Waals surface area contributed by atoms with Crippen molar-refractivity contribution in [3.8, 4) is 0 Å². The summed E-state index contributed by atoms with van der Waals surface area (Å²) in [5.74, 6) is 0. The summed E-state index contributed by atoms with van der Waals surface area (Å²) in [6.07, 6.45) is 0. The van der Waals surface area contributed by atoms with Gasteiger partial charge in [0.05, 0.1) is 12.1 Å². The Morgan fingerprint density at radius 3 is 2.67 bits per heavy atom. The van der Waals surface area contributed by atoms with Crippen LogP contribution >= 0.6 is 11.3 Å². The largest absolute Gasteiger partial charge is 0.380 e. The van der Waals surface area contributed by atoms with Crippen LogP contribution in [-0.2, 0) is 11.3 Å². The van der Waals surface area contributed by atoms with E-state index in [2.05, 4.69) is 43.2 Å². The molecule has 0 bridgehead atoms. The van der Waals surface area contributed by atoms with Gasteiger partial charge in [-0.05, 0) is 39.1 Å². The molecule has 3 nitrogen and oxygen atoms in total. The van der Waals surface area contributed by atoms with Gasteiger partial charge in [0.15, 0.2) is 0 Å². The minimum Gasteiger partial charge on any atom is -0.380 e. The molecule has 1 aromatic heterocycles. The highest BCUT2D eigenvalue weighted by molar-refractivity contribution is 7.09. The maximum Gasteiger partial charge on any atom is 0.0660 e. The fourth-order valence-electron chi connectivity index (χ4n) is 2.15. The first kappa shape index (κ1) is 15.6. The van der Waals surface area contributed by atoms with Crippen LogP contribution in [0.1, 0.15) is 32.6 Å². The summed E-state index contributed by atoms with van der Waals surface area (Å²) < 4.78 is 5.62. The minimum absolute atomic E-state index is 0.103. The van der Waals surface area contributed by atoms with Gasteiger partial charge in [-0.15, -0.1) is 11.3 Å². The number of hydrogen-bond donors (Lipinski definition) is 1. The van der Waals surface area contributed by atoms with Gasteiger partial charge in [-0.1, -0.05) is 6.07 Å². The zero-order valence-corrected chi connectivity index (χ0v) is 12.8. The third-order valence-corrected chi connectivity index (χ3v) is 4.14. The molecule has 0 fully saturated rings. The topological polar surface area (TPSA) is 38.5 Å². The molecule has 0 amide bonds. The molecule has 104 valence electrons. The van der Waals surface area contributed by atoms with Crippen molar-refractivity contribution in [3.63, 3.8) is 0 Å². The predicted molar refractivity (Wildman–Crippen MR) is 79.0 cm³/mol.